The van der Waals surface area contributed by atoms with E-state index in [0.717, 1.165) is 5.56 Å². The summed E-state index contributed by atoms with van der Waals surface area (Å²) >= 11 is 0. The fourth-order valence-electron chi connectivity index (χ4n) is 3.20. The van der Waals surface area contributed by atoms with Crippen LogP contribution in [0.2, 0.25) is 0 Å². The van der Waals surface area contributed by atoms with Crippen molar-refractivity contribution in [3.8, 4) is 0 Å². The number of aryl methyl sites for hydroxylation is 1. The first-order valence-corrected chi connectivity index (χ1v) is 10.6. The number of ether oxygens (including phenoxy) is 1. The Kier molecular flexibility index (Phi) is 6.21. The molecule has 0 aliphatic heterocycles. The maximum absolute atomic E-state index is 12.9. The molecule has 4 nitrogen and oxygen atoms in total. The van der Waals surface area contributed by atoms with Gasteiger partial charge in [0.25, 0.3) is 0 Å². The van der Waals surface area contributed by atoms with Gasteiger partial charge in [-0.25, -0.2) is 9.78 Å². The Morgan fingerprint density at radius 3 is 1.74 bits per heavy atom. The van der Waals surface area contributed by atoms with Gasteiger partial charge in [0.15, 0.2) is 0 Å². The van der Waals surface area contributed by atoms with Gasteiger partial charge in [-0.05, 0) is 34.1 Å². The molecule has 0 unspecified atom stereocenters. The molecule has 4 heteroatoms. The van der Waals surface area contributed by atoms with E-state index in [2.05, 4.69) is 58.7 Å². The molecule has 0 saturated heterocycles. The second-order valence-corrected chi connectivity index (χ2v) is 9.95. The van der Waals surface area contributed by atoms with Crippen LogP contribution < -0.4 is 0 Å². The second-order valence-electron chi connectivity index (χ2n) is 9.95. The van der Waals surface area contributed by atoms with Crippen LogP contribution in [-0.4, -0.2) is 15.5 Å². The maximum Gasteiger partial charge on any atom is 0.343 e. The molecule has 1 aromatic heterocycles. The second kappa shape index (κ2) is 8.54. The SMILES string of the molecule is Cn1ccnc1/C=C(/OC(=O)c1ccc(C(C)(C)C)cc1)c1ccc(C(C)(C)C)cc1. The monoisotopic (exact) mass is 416 g/mol. The standard InChI is InChI=1S/C27H32N2O2/c1-26(2,3)21-12-8-19(9-13-21)23(18-24-28-16-17-29(24)7)31-25(30)20-10-14-22(15-11-20)27(4,5)6/h8-18H,1-7H3/b23-18+. The summed E-state index contributed by atoms with van der Waals surface area (Å²) in [5.41, 5.74) is 3.82. The van der Waals surface area contributed by atoms with Crippen LogP contribution in [0.15, 0.2) is 60.9 Å². The van der Waals surface area contributed by atoms with Crippen molar-refractivity contribution < 1.29 is 9.53 Å². The average molecular weight is 417 g/mol. The predicted octanol–water partition coefficient (Wildman–Crippen LogP) is 6.37. The molecule has 3 aromatic rings. The van der Waals surface area contributed by atoms with Crippen LogP contribution in [0.4, 0.5) is 0 Å². The number of carbonyl (C=O) groups excluding carboxylic acids is 1. The Morgan fingerprint density at radius 1 is 0.839 bits per heavy atom. The zero-order valence-corrected chi connectivity index (χ0v) is 19.6. The van der Waals surface area contributed by atoms with Crippen LogP contribution in [0.3, 0.4) is 0 Å². The Labute approximate surface area is 185 Å². The summed E-state index contributed by atoms with van der Waals surface area (Å²) in [6.45, 7) is 13.0. The minimum absolute atomic E-state index is 0.0283. The van der Waals surface area contributed by atoms with Gasteiger partial charge in [-0.15, -0.1) is 0 Å². The molecular formula is C27H32N2O2. The van der Waals surface area contributed by atoms with Gasteiger partial charge in [0.1, 0.15) is 11.6 Å². The fraction of sp³-hybridized carbons (Fsp3) is 0.333. The number of imidazole rings is 1. The highest BCUT2D eigenvalue weighted by molar-refractivity contribution is 5.95. The Bertz CT molecular complexity index is 1070. The number of rotatable bonds is 4. The first kappa shape index (κ1) is 22.5. The quantitative estimate of drug-likeness (QED) is 0.367. The first-order chi connectivity index (χ1) is 14.4. The zero-order chi connectivity index (χ0) is 22.8. The van der Waals surface area contributed by atoms with Crippen molar-refractivity contribution in [1.82, 2.24) is 9.55 Å². The van der Waals surface area contributed by atoms with Crippen LogP contribution in [0, 0.1) is 0 Å². The number of hydrogen-bond acceptors (Lipinski definition) is 3. The third-order valence-electron chi connectivity index (χ3n) is 5.34. The van der Waals surface area contributed by atoms with E-state index in [1.165, 1.54) is 11.1 Å². The fourth-order valence-corrected chi connectivity index (χ4v) is 3.20. The molecule has 0 N–H and O–H groups in total. The summed E-state index contributed by atoms with van der Waals surface area (Å²) in [7, 11) is 1.91. The molecule has 0 atom stereocenters. The third kappa shape index (κ3) is 5.52. The van der Waals surface area contributed by atoms with Gasteiger partial charge in [0, 0.05) is 31.1 Å². The molecule has 0 spiro atoms. The molecule has 0 saturated carbocycles. The van der Waals surface area contributed by atoms with E-state index in [0.29, 0.717) is 17.1 Å². The lowest BCUT2D eigenvalue weighted by atomic mass is 9.86. The Hall–Kier alpha value is -3.14. The number of esters is 1. The van der Waals surface area contributed by atoms with Crippen LogP contribution in [0.1, 0.15) is 74.4 Å². The van der Waals surface area contributed by atoms with Crippen molar-refractivity contribution in [2.45, 2.75) is 52.4 Å². The highest BCUT2D eigenvalue weighted by Crippen LogP contribution is 2.27. The summed E-state index contributed by atoms with van der Waals surface area (Å²) in [6.07, 6.45) is 5.38. The largest absolute Gasteiger partial charge is 0.422 e. The highest BCUT2D eigenvalue weighted by Gasteiger charge is 2.18. The van der Waals surface area contributed by atoms with E-state index < -0.39 is 0 Å². The van der Waals surface area contributed by atoms with E-state index in [9.17, 15) is 4.79 Å². The van der Waals surface area contributed by atoms with Gasteiger partial charge < -0.3 is 9.30 Å². The number of aromatic nitrogens is 2. The summed E-state index contributed by atoms with van der Waals surface area (Å²) in [5, 5.41) is 0. The molecule has 0 radical (unpaired) electrons. The molecular weight excluding hydrogens is 384 g/mol. The molecule has 162 valence electrons. The minimum atomic E-state index is -0.388. The van der Waals surface area contributed by atoms with Crippen LogP contribution in [0.25, 0.3) is 11.8 Å². The summed E-state index contributed by atoms with van der Waals surface area (Å²) in [6, 6.07) is 15.7. The van der Waals surface area contributed by atoms with Crippen LogP contribution in [-0.2, 0) is 22.6 Å². The Balaban J connectivity index is 1.93. The van der Waals surface area contributed by atoms with Crippen molar-refractivity contribution in [1.29, 1.82) is 0 Å². The van der Waals surface area contributed by atoms with Gasteiger partial charge >= 0.3 is 5.97 Å². The topological polar surface area (TPSA) is 44.1 Å². The predicted molar refractivity (Wildman–Crippen MR) is 127 cm³/mol. The van der Waals surface area contributed by atoms with E-state index in [1.807, 2.05) is 54.2 Å². The molecule has 0 aliphatic carbocycles. The number of hydrogen-bond donors (Lipinski definition) is 0. The van der Waals surface area contributed by atoms with Crippen molar-refractivity contribution in [2.75, 3.05) is 0 Å². The summed E-state index contributed by atoms with van der Waals surface area (Å²) < 4.78 is 7.76. The summed E-state index contributed by atoms with van der Waals surface area (Å²) in [4.78, 5) is 17.3. The number of benzene rings is 2. The van der Waals surface area contributed by atoms with Crippen molar-refractivity contribution in [3.05, 3.63) is 89.0 Å². The molecule has 0 fully saturated rings. The average Bonchev–Trinajstić information content (AvgIpc) is 3.11. The molecule has 0 bridgehead atoms. The molecule has 0 amide bonds. The highest BCUT2D eigenvalue weighted by atomic mass is 16.5. The van der Waals surface area contributed by atoms with E-state index >= 15 is 0 Å². The molecule has 0 aliphatic rings. The van der Waals surface area contributed by atoms with Crippen LogP contribution in [0.5, 0.6) is 0 Å². The number of nitrogens with zero attached hydrogens (tertiary/aromatic N) is 2. The van der Waals surface area contributed by atoms with Gasteiger partial charge in [-0.2, -0.15) is 0 Å². The lowest BCUT2D eigenvalue weighted by Crippen LogP contribution is -2.12. The van der Waals surface area contributed by atoms with E-state index in [4.69, 9.17) is 4.74 Å². The molecule has 2 aromatic carbocycles. The molecule has 1 heterocycles. The normalized spacial score (nSPS) is 12.7. The third-order valence-corrected chi connectivity index (χ3v) is 5.34. The van der Waals surface area contributed by atoms with Gasteiger partial charge in [-0.3, -0.25) is 0 Å². The van der Waals surface area contributed by atoms with Crippen LogP contribution >= 0.6 is 0 Å². The zero-order valence-electron chi connectivity index (χ0n) is 19.6. The van der Waals surface area contributed by atoms with Crippen molar-refractivity contribution >= 4 is 17.8 Å². The maximum atomic E-state index is 12.9. The summed E-state index contributed by atoms with van der Waals surface area (Å²) in [5.74, 6) is 0.797. The first-order valence-electron chi connectivity index (χ1n) is 10.6. The smallest absolute Gasteiger partial charge is 0.343 e. The van der Waals surface area contributed by atoms with Gasteiger partial charge in [0.2, 0.25) is 0 Å². The van der Waals surface area contributed by atoms with E-state index in [1.54, 1.807) is 12.3 Å². The molecule has 31 heavy (non-hydrogen) atoms. The Morgan fingerprint density at radius 2 is 1.32 bits per heavy atom. The molecule has 3 rings (SSSR count). The minimum Gasteiger partial charge on any atom is -0.422 e. The lowest BCUT2D eigenvalue weighted by molar-refractivity contribution is 0.0693. The van der Waals surface area contributed by atoms with Gasteiger partial charge in [-0.1, -0.05) is 77.9 Å². The number of carbonyl (C=O) groups is 1. The van der Waals surface area contributed by atoms with Crippen molar-refractivity contribution in [3.63, 3.8) is 0 Å². The van der Waals surface area contributed by atoms with Crippen molar-refractivity contribution in [2.24, 2.45) is 7.05 Å². The lowest BCUT2D eigenvalue weighted by Gasteiger charge is -2.20. The van der Waals surface area contributed by atoms with Gasteiger partial charge in [0.05, 0.1) is 5.56 Å². The van der Waals surface area contributed by atoms with E-state index in [-0.39, 0.29) is 16.8 Å².